The van der Waals surface area contributed by atoms with Crippen molar-refractivity contribution in [2.75, 3.05) is 0 Å². The van der Waals surface area contributed by atoms with Crippen LogP contribution >= 0.6 is 0 Å². The Morgan fingerprint density at radius 2 is 1.18 bits per heavy atom. The second-order valence-electron chi connectivity index (χ2n) is 14.9. The lowest BCUT2D eigenvalue weighted by molar-refractivity contribution is -0.290. The van der Waals surface area contributed by atoms with Crippen molar-refractivity contribution >= 4 is 11.9 Å². The maximum Gasteiger partial charge on any atom is 0.309 e. The zero-order chi connectivity index (χ0) is 32.5. The number of carbonyl (C=O) groups excluding carboxylic acids is 2. The van der Waals surface area contributed by atoms with Crippen LogP contribution in [0.1, 0.15) is 160 Å². The van der Waals surface area contributed by atoms with Crippen LogP contribution in [0, 0.1) is 38.5 Å². The number of benzene rings is 1. The van der Waals surface area contributed by atoms with E-state index in [0.29, 0.717) is 23.7 Å². The number of fused-ring (bicyclic) bond motifs is 1. The van der Waals surface area contributed by atoms with Gasteiger partial charge in [-0.3, -0.25) is 9.59 Å². The molecule has 6 nitrogen and oxygen atoms in total. The Balaban J connectivity index is 1.80. The molecule has 0 unspecified atom stereocenters. The highest BCUT2D eigenvalue weighted by Gasteiger charge is 2.60. The van der Waals surface area contributed by atoms with Crippen LogP contribution in [-0.2, 0) is 25.5 Å². The van der Waals surface area contributed by atoms with Gasteiger partial charge in [0.1, 0.15) is 11.5 Å². The summed E-state index contributed by atoms with van der Waals surface area (Å²) in [4.78, 5) is 26.6. The van der Waals surface area contributed by atoms with Crippen molar-refractivity contribution in [3.8, 4) is 11.5 Å². The van der Waals surface area contributed by atoms with Crippen LogP contribution in [-0.4, -0.2) is 28.4 Å². The van der Waals surface area contributed by atoms with Gasteiger partial charge in [-0.15, -0.1) is 0 Å². The van der Waals surface area contributed by atoms with Crippen LogP contribution in [0.4, 0.5) is 0 Å². The number of hydrogen-bond donors (Lipinski definition) is 1. The third-order valence-corrected chi connectivity index (χ3v) is 10.4. The van der Waals surface area contributed by atoms with Gasteiger partial charge in [0.25, 0.3) is 5.79 Å². The Morgan fingerprint density at radius 3 is 1.73 bits per heavy atom. The van der Waals surface area contributed by atoms with Crippen LogP contribution in [0.15, 0.2) is 0 Å². The number of phenolic OH excluding ortho intramolecular Hbond substituents is 1. The van der Waals surface area contributed by atoms with Crippen LogP contribution in [0.5, 0.6) is 11.5 Å². The molecule has 1 N–H and O–H groups in total. The Labute approximate surface area is 268 Å². The molecule has 0 saturated carbocycles. The lowest BCUT2D eigenvalue weighted by Gasteiger charge is -2.50. The van der Waals surface area contributed by atoms with Crippen molar-refractivity contribution in [1.29, 1.82) is 0 Å². The van der Waals surface area contributed by atoms with Crippen molar-refractivity contribution in [3.05, 3.63) is 22.3 Å². The van der Waals surface area contributed by atoms with Crippen molar-refractivity contribution in [3.63, 3.8) is 0 Å². The molecule has 0 aliphatic carbocycles. The first kappa shape index (κ1) is 36.2. The van der Waals surface area contributed by atoms with E-state index >= 15 is 0 Å². The summed E-state index contributed by atoms with van der Waals surface area (Å²) in [7, 11) is 0. The van der Waals surface area contributed by atoms with E-state index in [2.05, 4.69) is 27.7 Å². The average Bonchev–Trinajstić information content (AvgIpc) is 2.94. The van der Waals surface area contributed by atoms with Gasteiger partial charge in [0.15, 0.2) is 5.60 Å². The van der Waals surface area contributed by atoms with Crippen LogP contribution in [0.25, 0.3) is 0 Å². The van der Waals surface area contributed by atoms with Gasteiger partial charge >= 0.3 is 11.9 Å². The number of phenols is 1. The van der Waals surface area contributed by atoms with E-state index in [4.69, 9.17) is 14.2 Å². The number of aromatic hydroxyl groups is 1. The van der Waals surface area contributed by atoms with Gasteiger partial charge in [-0.2, -0.15) is 0 Å². The second kappa shape index (κ2) is 16.4. The minimum atomic E-state index is -1.60. The molecule has 0 aromatic heterocycles. The second-order valence-corrected chi connectivity index (χ2v) is 14.9. The number of carbonyl (C=O) groups is 2. The number of hydrogen-bond acceptors (Lipinski definition) is 6. The van der Waals surface area contributed by atoms with Gasteiger partial charge < -0.3 is 19.3 Å². The van der Waals surface area contributed by atoms with E-state index in [1.165, 1.54) is 38.5 Å². The van der Waals surface area contributed by atoms with E-state index in [1.54, 1.807) is 0 Å². The maximum absolute atomic E-state index is 13.3. The molecule has 0 radical (unpaired) electrons. The molecule has 3 rings (SSSR count). The highest BCUT2D eigenvalue weighted by Crippen LogP contribution is 2.50. The first-order chi connectivity index (χ1) is 20.8. The Morgan fingerprint density at radius 1 is 0.682 bits per heavy atom. The molecule has 0 amide bonds. The quantitative estimate of drug-likeness (QED) is 0.236. The molecular weight excluding hydrogens is 552 g/mol. The largest absolute Gasteiger partial charge is 0.507 e. The van der Waals surface area contributed by atoms with E-state index < -0.39 is 11.4 Å². The first-order valence-corrected chi connectivity index (χ1v) is 17.7. The van der Waals surface area contributed by atoms with E-state index in [1.807, 2.05) is 27.7 Å². The summed E-state index contributed by atoms with van der Waals surface area (Å²) < 4.78 is 19.4. The van der Waals surface area contributed by atoms with Gasteiger partial charge in [0.05, 0.1) is 6.42 Å². The predicted octanol–water partition coefficient (Wildman–Crippen LogP) is 9.98. The SMILES string of the molecule is Cc1c(C)c2c(c(C)c1O)CC1(OC(=O)CCCCCCCC(=O)O1)[C@](C)(CCC[C@H](C)CCC[C@@H](C)CCCC(C)C)O2. The fraction of sp³-hybridized carbons (Fsp3) is 0.789. The maximum atomic E-state index is 13.3. The molecule has 250 valence electrons. The molecule has 1 saturated heterocycles. The Bertz CT molecular complexity index is 1090. The van der Waals surface area contributed by atoms with Crippen molar-refractivity contribution in [2.45, 2.75) is 176 Å². The Hall–Kier alpha value is -2.24. The van der Waals surface area contributed by atoms with E-state index in [-0.39, 0.29) is 37.0 Å². The van der Waals surface area contributed by atoms with Crippen molar-refractivity contribution in [1.82, 2.24) is 0 Å². The molecule has 2 aliphatic rings. The minimum Gasteiger partial charge on any atom is -0.507 e. The number of rotatable bonds is 12. The topological polar surface area (TPSA) is 82.1 Å². The summed E-state index contributed by atoms with van der Waals surface area (Å²) >= 11 is 0. The molecule has 1 aromatic carbocycles. The molecule has 2 aliphatic heterocycles. The molecule has 1 spiro atoms. The molecular formula is C38H62O6. The van der Waals surface area contributed by atoms with Gasteiger partial charge in [-0.1, -0.05) is 91.9 Å². The molecule has 44 heavy (non-hydrogen) atoms. The van der Waals surface area contributed by atoms with E-state index in [0.717, 1.165) is 73.5 Å². The average molecular weight is 615 g/mol. The lowest BCUT2D eigenvalue weighted by Crippen LogP contribution is -2.64. The molecule has 0 bridgehead atoms. The van der Waals surface area contributed by atoms with Gasteiger partial charge in [-0.25, -0.2) is 0 Å². The first-order valence-electron chi connectivity index (χ1n) is 17.7. The van der Waals surface area contributed by atoms with Crippen LogP contribution < -0.4 is 4.74 Å². The van der Waals surface area contributed by atoms with E-state index in [9.17, 15) is 14.7 Å². The third-order valence-electron chi connectivity index (χ3n) is 10.4. The number of esters is 2. The summed E-state index contributed by atoms with van der Waals surface area (Å²) in [5, 5.41) is 10.9. The van der Waals surface area contributed by atoms with Gasteiger partial charge in [0, 0.05) is 18.4 Å². The third kappa shape index (κ3) is 9.39. The zero-order valence-corrected chi connectivity index (χ0v) is 29.2. The van der Waals surface area contributed by atoms with Crippen molar-refractivity contribution < 1.29 is 28.9 Å². The highest BCUT2D eigenvalue weighted by atomic mass is 16.8. The fourth-order valence-electron chi connectivity index (χ4n) is 7.10. The van der Waals surface area contributed by atoms with Gasteiger partial charge in [-0.05, 0) is 87.8 Å². The molecule has 3 atom stereocenters. The lowest BCUT2D eigenvalue weighted by atomic mass is 9.78. The Kier molecular flexibility index (Phi) is 13.5. The molecule has 1 aromatic rings. The standard InChI is InChI=1S/C38H62O6/c1-26(2)17-14-18-27(3)19-15-20-28(4)21-16-24-37(8)38(25-32-31(7)35(41)29(5)30(6)36(32)44-37)42-33(39)22-12-10-9-11-13-23-34(40)43-38/h26-28,41H,9-25H2,1-8H3/t27-,28+,37-/m0/s1. The van der Waals surface area contributed by atoms with Crippen LogP contribution in [0.2, 0.25) is 0 Å². The fourth-order valence-corrected chi connectivity index (χ4v) is 7.10. The van der Waals surface area contributed by atoms with Crippen LogP contribution in [0.3, 0.4) is 0 Å². The monoisotopic (exact) mass is 614 g/mol. The minimum absolute atomic E-state index is 0.168. The smallest absolute Gasteiger partial charge is 0.309 e. The molecule has 2 heterocycles. The summed E-state index contributed by atoms with van der Waals surface area (Å²) in [6.07, 6.45) is 15.3. The number of ether oxygens (including phenoxy) is 3. The zero-order valence-electron chi connectivity index (χ0n) is 29.2. The predicted molar refractivity (Wildman–Crippen MR) is 177 cm³/mol. The van der Waals surface area contributed by atoms with Crippen molar-refractivity contribution in [2.24, 2.45) is 17.8 Å². The van der Waals surface area contributed by atoms with Gasteiger partial charge in [0.2, 0.25) is 0 Å². The summed E-state index contributed by atoms with van der Waals surface area (Å²) in [5.74, 6) is 0.721. The summed E-state index contributed by atoms with van der Waals surface area (Å²) in [6, 6.07) is 0. The summed E-state index contributed by atoms with van der Waals surface area (Å²) in [6.45, 7) is 17.0. The summed E-state index contributed by atoms with van der Waals surface area (Å²) in [5.41, 5.74) is 1.99. The molecule has 6 heteroatoms. The molecule has 1 fully saturated rings. The normalized spacial score (nSPS) is 22.3. The highest BCUT2D eigenvalue weighted by molar-refractivity contribution is 5.73.